The van der Waals surface area contributed by atoms with Crippen LogP contribution in [0.4, 0.5) is 17.1 Å². The van der Waals surface area contributed by atoms with Crippen molar-refractivity contribution in [3.63, 3.8) is 0 Å². The van der Waals surface area contributed by atoms with Gasteiger partial charge in [-0.25, -0.2) is 0 Å². The Kier molecular flexibility index (Phi) is 3.26. The predicted octanol–water partition coefficient (Wildman–Crippen LogP) is 2.18. The molecule has 1 aliphatic rings. The van der Waals surface area contributed by atoms with Crippen molar-refractivity contribution in [1.29, 1.82) is 5.26 Å². The summed E-state index contributed by atoms with van der Waals surface area (Å²) >= 11 is 6.03. The largest absolute Gasteiger partial charge is 0.393 e. The van der Waals surface area contributed by atoms with Crippen LogP contribution in [0, 0.1) is 27.4 Å². The van der Waals surface area contributed by atoms with E-state index in [1.165, 1.54) is 12.1 Å². The van der Waals surface area contributed by atoms with Gasteiger partial charge in [0.25, 0.3) is 5.69 Å². The minimum Gasteiger partial charge on any atom is -0.393 e. The van der Waals surface area contributed by atoms with Crippen LogP contribution in [0.15, 0.2) is 12.1 Å². The number of nitro groups is 1. The second-order valence-corrected chi connectivity index (χ2v) is 4.59. The van der Waals surface area contributed by atoms with Gasteiger partial charge in [-0.15, -0.1) is 0 Å². The zero-order chi connectivity index (χ0) is 13.3. The summed E-state index contributed by atoms with van der Waals surface area (Å²) in [6.45, 7) is 1.28. The topological polar surface area (TPSA) is 96.2 Å². The van der Waals surface area contributed by atoms with Gasteiger partial charge in [-0.2, -0.15) is 5.26 Å². The molecule has 0 spiro atoms. The first-order valence-corrected chi connectivity index (χ1v) is 5.78. The smallest absolute Gasteiger partial charge is 0.293 e. The molecule has 0 amide bonds. The molecule has 1 aromatic carbocycles. The standard InChI is InChI=1S/C11H11ClN4O2/c12-8-3-11(16(17)18)9(14)4-10(8)15-2-1-7(5-13)6-15/h3-4,7H,1-2,6,14H2. The van der Waals surface area contributed by atoms with Crippen molar-refractivity contribution in [1.82, 2.24) is 0 Å². The minimum atomic E-state index is -0.562. The molecule has 2 rings (SSSR count). The van der Waals surface area contributed by atoms with E-state index in [1.807, 2.05) is 4.90 Å². The number of nitro benzene ring substituents is 1. The third kappa shape index (κ3) is 2.17. The van der Waals surface area contributed by atoms with Crippen molar-refractivity contribution >= 4 is 28.7 Å². The zero-order valence-corrected chi connectivity index (χ0v) is 10.2. The molecule has 1 unspecified atom stereocenters. The van der Waals surface area contributed by atoms with E-state index in [-0.39, 0.29) is 22.3 Å². The summed E-state index contributed by atoms with van der Waals surface area (Å²) < 4.78 is 0. The molecule has 0 radical (unpaired) electrons. The van der Waals surface area contributed by atoms with Crippen molar-refractivity contribution in [3.8, 4) is 6.07 Å². The Morgan fingerprint density at radius 2 is 2.33 bits per heavy atom. The SMILES string of the molecule is N#CC1CCN(c2cc(N)c([N+](=O)[O-])cc2Cl)C1. The molecule has 0 bridgehead atoms. The molecule has 2 N–H and O–H groups in total. The Hall–Kier alpha value is -2.00. The Bertz CT molecular complexity index is 541. The maximum atomic E-state index is 10.7. The highest BCUT2D eigenvalue weighted by atomic mass is 35.5. The van der Waals surface area contributed by atoms with E-state index in [0.29, 0.717) is 18.8 Å². The van der Waals surface area contributed by atoms with Gasteiger partial charge in [0.2, 0.25) is 0 Å². The van der Waals surface area contributed by atoms with Crippen LogP contribution in [0.5, 0.6) is 0 Å². The van der Waals surface area contributed by atoms with Crippen LogP contribution in [0.2, 0.25) is 5.02 Å². The predicted molar refractivity (Wildman–Crippen MR) is 68.5 cm³/mol. The van der Waals surface area contributed by atoms with E-state index >= 15 is 0 Å². The molecule has 1 atom stereocenters. The number of hydrogen-bond acceptors (Lipinski definition) is 5. The number of nitrogen functional groups attached to an aromatic ring is 1. The maximum Gasteiger partial charge on any atom is 0.293 e. The lowest BCUT2D eigenvalue weighted by Crippen LogP contribution is -2.20. The van der Waals surface area contributed by atoms with Gasteiger partial charge in [-0.1, -0.05) is 11.6 Å². The van der Waals surface area contributed by atoms with Crippen LogP contribution in [-0.4, -0.2) is 18.0 Å². The van der Waals surface area contributed by atoms with E-state index in [2.05, 4.69) is 6.07 Å². The third-order valence-corrected chi connectivity index (χ3v) is 3.31. The molecule has 7 heteroatoms. The first kappa shape index (κ1) is 12.5. The Morgan fingerprint density at radius 1 is 1.61 bits per heavy atom. The highest BCUT2D eigenvalue weighted by molar-refractivity contribution is 6.33. The van der Waals surface area contributed by atoms with Gasteiger partial charge in [0, 0.05) is 19.2 Å². The number of nitrogens with zero attached hydrogens (tertiary/aromatic N) is 3. The summed E-state index contributed by atoms with van der Waals surface area (Å²) in [6, 6.07) is 4.96. The summed E-state index contributed by atoms with van der Waals surface area (Å²) in [5, 5.41) is 19.8. The molecule has 1 saturated heterocycles. The van der Waals surface area contributed by atoms with Gasteiger partial charge < -0.3 is 10.6 Å². The number of nitriles is 1. The molecular weight excluding hydrogens is 256 g/mol. The van der Waals surface area contributed by atoms with E-state index in [4.69, 9.17) is 22.6 Å². The van der Waals surface area contributed by atoms with Crippen molar-refractivity contribution in [2.45, 2.75) is 6.42 Å². The van der Waals surface area contributed by atoms with Gasteiger partial charge >= 0.3 is 0 Å². The van der Waals surface area contributed by atoms with Crippen molar-refractivity contribution < 1.29 is 4.92 Å². The van der Waals surface area contributed by atoms with Crippen molar-refractivity contribution in [2.75, 3.05) is 23.7 Å². The number of benzene rings is 1. The van der Waals surface area contributed by atoms with E-state index in [0.717, 1.165) is 6.42 Å². The minimum absolute atomic E-state index is 0.0301. The van der Waals surface area contributed by atoms with Gasteiger partial charge in [0.15, 0.2) is 0 Å². The normalized spacial score (nSPS) is 18.7. The molecule has 0 aromatic heterocycles. The fraction of sp³-hybridized carbons (Fsp3) is 0.364. The van der Waals surface area contributed by atoms with Crippen LogP contribution in [-0.2, 0) is 0 Å². The summed E-state index contributed by atoms with van der Waals surface area (Å²) in [4.78, 5) is 12.1. The number of nitrogens with two attached hydrogens (primary N) is 1. The van der Waals surface area contributed by atoms with Crippen LogP contribution >= 0.6 is 11.6 Å². The second kappa shape index (κ2) is 4.70. The lowest BCUT2D eigenvalue weighted by atomic mass is 10.1. The van der Waals surface area contributed by atoms with Crippen LogP contribution < -0.4 is 10.6 Å². The van der Waals surface area contributed by atoms with E-state index < -0.39 is 4.92 Å². The number of rotatable bonds is 2. The molecule has 1 fully saturated rings. The highest BCUT2D eigenvalue weighted by Crippen LogP contribution is 2.36. The average Bonchev–Trinajstić information content (AvgIpc) is 2.79. The lowest BCUT2D eigenvalue weighted by Gasteiger charge is -2.19. The first-order valence-electron chi connectivity index (χ1n) is 5.41. The molecule has 1 heterocycles. The van der Waals surface area contributed by atoms with E-state index in [1.54, 1.807) is 0 Å². The monoisotopic (exact) mass is 266 g/mol. The van der Waals surface area contributed by atoms with E-state index in [9.17, 15) is 10.1 Å². The molecule has 0 aliphatic carbocycles. The summed E-state index contributed by atoms with van der Waals surface area (Å²) in [7, 11) is 0. The summed E-state index contributed by atoms with van der Waals surface area (Å²) in [5.41, 5.74) is 6.17. The molecular formula is C11H11ClN4O2. The van der Waals surface area contributed by atoms with Crippen LogP contribution in [0.25, 0.3) is 0 Å². The van der Waals surface area contributed by atoms with Crippen molar-refractivity contribution in [3.05, 3.63) is 27.3 Å². The van der Waals surface area contributed by atoms with Gasteiger partial charge in [0.05, 0.1) is 27.6 Å². The first-order chi connectivity index (χ1) is 8.52. The fourth-order valence-electron chi connectivity index (χ4n) is 2.05. The Labute approximate surface area is 109 Å². The number of hydrogen-bond donors (Lipinski definition) is 1. The Morgan fingerprint density at radius 3 is 2.89 bits per heavy atom. The van der Waals surface area contributed by atoms with Crippen LogP contribution in [0.1, 0.15) is 6.42 Å². The van der Waals surface area contributed by atoms with Gasteiger partial charge in [-0.3, -0.25) is 10.1 Å². The average molecular weight is 267 g/mol. The lowest BCUT2D eigenvalue weighted by molar-refractivity contribution is -0.383. The quantitative estimate of drug-likeness (QED) is 0.503. The van der Waals surface area contributed by atoms with Gasteiger partial charge in [-0.05, 0) is 12.5 Å². The Balaban J connectivity index is 2.33. The van der Waals surface area contributed by atoms with Gasteiger partial charge in [0.1, 0.15) is 5.69 Å². The number of anilines is 2. The molecule has 1 aromatic rings. The second-order valence-electron chi connectivity index (χ2n) is 4.18. The maximum absolute atomic E-state index is 10.7. The molecule has 94 valence electrons. The summed E-state index contributed by atoms with van der Waals surface area (Å²) in [6.07, 6.45) is 0.768. The summed E-state index contributed by atoms with van der Waals surface area (Å²) in [5.74, 6) is -0.0301. The van der Waals surface area contributed by atoms with Crippen LogP contribution in [0.3, 0.4) is 0 Å². The molecule has 18 heavy (non-hydrogen) atoms. The third-order valence-electron chi connectivity index (χ3n) is 3.00. The highest BCUT2D eigenvalue weighted by Gasteiger charge is 2.25. The fourth-order valence-corrected chi connectivity index (χ4v) is 2.33. The molecule has 6 nitrogen and oxygen atoms in total. The zero-order valence-electron chi connectivity index (χ0n) is 9.47. The molecule has 1 aliphatic heterocycles. The number of halogens is 1. The molecule has 0 saturated carbocycles. The van der Waals surface area contributed by atoms with Crippen molar-refractivity contribution in [2.24, 2.45) is 5.92 Å².